The minimum Gasteiger partial charge on any atom is -0.354 e. The van der Waals surface area contributed by atoms with Gasteiger partial charge >= 0.3 is 0 Å². The smallest absolute Gasteiger partial charge is 0.257 e. The van der Waals surface area contributed by atoms with Crippen LogP contribution in [0.15, 0.2) is 61.2 Å². The van der Waals surface area contributed by atoms with Crippen LogP contribution in [0.25, 0.3) is 21.9 Å². The Labute approximate surface area is 194 Å². The van der Waals surface area contributed by atoms with Crippen molar-refractivity contribution in [2.75, 3.05) is 42.9 Å². The van der Waals surface area contributed by atoms with E-state index in [9.17, 15) is 4.79 Å². The van der Waals surface area contributed by atoms with Gasteiger partial charge in [0.2, 0.25) is 0 Å². The third-order valence-electron chi connectivity index (χ3n) is 6.07. The van der Waals surface area contributed by atoms with E-state index in [0.717, 1.165) is 60.4 Å². The maximum absolute atomic E-state index is 13.0. The van der Waals surface area contributed by atoms with E-state index < -0.39 is 0 Å². The van der Waals surface area contributed by atoms with Crippen molar-refractivity contribution in [3.8, 4) is 11.1 Å². The first kappa shape index (κ1) is 19.9. The Morgan fingerprint density at radius 1 is 1.06 bits per heavy atom. The van der Waals surface area contributed by atoms with Gasteiger partial charge in [-0.05, 0) is 41.8 Å². The van der Waals surface area contributed by atoms with Crippen molar-refractivity contribution in [1.29, 1.82) is 0 Å². The summed E-state index contributed by atoms with van der Waals surface area (Å²) < 4.78 is 10.1. The van der Waals surface area contributed by atoms with Crippen molar-refractivity contribution >= 4 is 28.3 Å². The van der Waals surface area contributed by atoms with Gasteiger partial charge in [-0.25, -0.2) is 9.97 Å². The number of carbonyl (C=O) groups is 1. The van der Waals surface area contributed by atoms with Crippen LogP contribution >= 0.6 is 0 Å². The Morgan fingerprint density at radius 3 is 2.67 bits per heavy atom. The highest BCUT2D eigenvalue weighted by molar-refractivity contribution is 6.05. The molecule has 0 radical (unpaired) electrons. The number of nitrogens with zero attached hydrogens (tertiary/aromatic N) is 6. The Bertz CT molecular complexity index is 1340. The van der Waals surface area contributed by atoms with Crippen LogP contribution in [0, 0.1) is 0 Å². The van der Waals surface area contributed by atoms with Crippen LogP contribution in [-0.4, -0.2) is 63.3 Å². The molecule has 0 bridgehead atoms. The van der Waals surface area contributed by atoms with Gasteiger partial charge in [0.25, 0.3) is 5.91 Å². The second-order valence-electron chi connectivity index (χ2n) is 8.24. The van der Waals surface area contributed by atoms with Crippen molar-refractivity contribution in [3.63, 3.8) is 0 Å². The SMILES string of the molecule is [2H]c1nc(NC(=O)c2ccnc(N3CCN(CC)CC3)c2)cc2cc(-c3cnn(C)c3)ccc12. The van der Waals surface area contributed by atoms with Gasteiger partial charge in [0, 0.05) is 68.3 Å². The summed E-state index contributed by atoms with van der Waals surface area (Å²) in [4.78, 5) is 26.4. The maximum Gasteiger partial charge on any atom is 0.257 e. The Balaban J connectivity index is 1.37. The second kappa shape index (κ2) is 8.99. The minimum absolute atomic E-state index is 0.120. The number of aromatic nitrogens is 4. The van der Waals surface area contributed by atoms with Crippen LogP contribution in [0.5, 0.6) is 0 Å². The molecule has 1 N–H and O–H groups in total. The van der Waals surface area contributed by atoms with Crippen LogP contribution < -0.4 is 10.2 Å². The van der Waals surface area contributed by atoms with E-state index in [1.54, 1.807) is 29.2 Å². The lowest BCUT2D eigenvalue weighted by molar-refractivity contribution is 0.102. The van der Waals surface area contributed by atoms with Crippen LogP contribution in [0.2, 0.25) is 0 Å². The maximum atomic E-state index is 13.0. The molecule has 5 rings (SSSR count). The second-order valence-corrected chi connectivity index (χ2v) is 8.24. The van der Waals surface area contributed by atoms with Gasteiger partial charge in [-0.1, -0.05) is 19.1 Å². The molecule has 0 aliphatic carbocycles. The molecule has 168 valence electrons. The molecule has 0 unspecified atom stereocenters. The standard InChI is InChI=1S/C25H27N7O/c1-3-31-8-10-32(11-9-31)24-14-19(6-7-26-24)25(33)29-23-13-21-12-18(4-5-20(21)15-27-23)22-16-28-30(2)17-22/h4-7,12-17H,3,8-11H2,1-2H3,(H,27,29,33)/i15D. The molecule has 8 nitrogen and oxygen atoms in total. The number of nitrogens with one attached hydrogen (secondary N) is 1. The summed E-state index contributed by atoms with van der Waals surface area (Å²) in [5.74, 6) is 0.878. The summed E-state index contributed by atoms with van der Waals surface area (Å²) >= 11 is 0. The molecule has 33 heavy (non-hydrogen) atoms. The zero-order chi connectivity index (χ0) is 23.7. The van der Waals surface area contributed by atoms with Crippen LogP contribution in [0.1, 0.15) is 18.7 Å². The highest BCUT2D eigenvalue weighted by Crippen LogP contribution is 2.25. The van der Waals surface area contributed by atoms with E-state index in [2.05, 4.69) is 37.1 Å². The molecule has 1 aliphatic heterocycles. The van der Waals surface area contributed by atoms with Gasteiger partial charge < -0.3 is 15.1 Å². The Hall–Kier alpha value is -3.78. The normalized spacial score (nSPS) is 15.0. The number of pyridine rings is 2. The van der Waals surface area contributed by atoms with Gasteiger partial charge in [-0.3, -0.25) is 9.48 Å². The first-order valence-electron chi connectivity index (χ1n) is 11.7. The lowest BCUT2D eigenvalue weighted by Crippen LogP contribution is -2.46. The lowest BCUT2D eigenvalue weighted by atomic mass is 10.1. The fourth-order valence-corrected chi connectivity index (χ4v) is 4.11. The number of amides is 1. The van der Waals surface area contributed by atoms with Gasteiger partial charge in [0.1, 0.15) is 11.6 Å². The molecule has 1 aromatic carbocycles. The summed E-state index contributed by atoms with van der Waals surface area (Å²) in [6.45, 7) is 6.97. The average Bonchev–Trinajstić information content (AvgIpc) is 3.30. The molecular weight excluding hydrogens is 414 g/mol. The first-order chi connectivity index (χ1) is 16.5. The largest absolute Gasteiger partial charge is 0.354 e. The molecule has 0 spiro atoms. The third-order valence-corrected chi connectivity index (χ3v) is 6.07. The molecule has 4 heterocycles. The van der Waals surface area contributed by atoms with E-state index in [4.69, 9.17) is 1.37 Å². The Morgan fingerprint density at radius 2 is 1.91 bits per heavy atom. The molecular formula is C25H27N7O. The van der Waals surface area contributed by atoms with E-state index >= 15 is 0 Å². The van der Waals surface area contributed by atoms with Crippen molar-refractivity contribution in [3.05, 3.63) is 66.7 Å². The third kappa shape index (κ3) is 4.56. The van der Waals surface area contributed by atoms with Crippen LogP contribution in [0.3, 0.4) is 0 Å². The Kier molecular flexibility index (Phi) is 5.42. The van der Waals surface area contributed by atoms with Gasteiger partial charge in [-0.15, -0.1) is 0 Å². The number of aryl methyl sites for hydroxylation is 1. The van der Waals surface area contributed by atoms with Crippen molar-refractivity contribution < 1.29 is 6.17 Å². The summed E-state index contributed by atoms with van der Waals surface area (Å²) in [6, 6.07) is 11.1. The number of hydrogen-bond acceptors (Lipinski definition) is 6. The first-order valence-corrected chi connectivity index (χ1v) is 11.2. The van der Waals surface area contributed by atoms with Gasteiger partial charge in [-0.2, -0.15) is 5.10 Å². The summed E-state index contributed by atoms with van der Waals surface area (Å²) in [5, 5.41) is 8.65. The number of anilines is 2. The van der Waals surface area contributed by atoms with Crippen molar-refractivity contribution in [1.82, 2.24) is 24.6 Å². The number of carbonyl (C=O) groups excluding carboxylic acids is 1. The number of benzene rings is 1. The van der Waals surface area contributed by atoms with Gasteiger partial charge in [0.15, 0.2) is 0 Å². The molecule has 1 fully saturated rings. The highest BCUT2D eigenvalue weighted by atomic mass is 16.1. The molecule has 4 aromatic rings. The molecule has 1 saturated heterocycles. The summed E-state index contributed by atoms with van der Waals surface area (Å²) in [6.07, 6.45) is 5.53. The molecule has 1 amide bonds. The van der Waals surface area contributed by atoms with Crippen molar-refractivity contribution in [2.24, 2.45) is 7.05 Å². The topological polar surface area (TPSA) is 79.2 Å². The van der Waals surface area contributed by atoms with Crippen LogP contribution in [0.4, 0.5) is 11.6 Å². The molecule has 0 saturated carbocycles. The summed E-state index contributed by atoms with van der Waals surface area (Å²) in [7, 11) is 1.87. The highest BCUT2D eigenvalue weighted by Gasteiger charge is 2.18. The van der Waals surface area contributed by atoms with Crippen LogP contribution in [-0.2, 0) is 7.05 Å². The minimum atomic E-state index is -0.273. The quantitative estimate of drug-likeness (QED) is 0.510. The van der Waals surface area contributed by atoms with E-state index in [1.807, 2.05) is 37.5 Å². The lowest BCUT2D eigenvalue weighted by Gasteiger charge is -2.34. The number of piperazine rings is 1. The summed E-state index contributed by atoms with van der Waals surface area (Å²) in [5.41, 5.74) is 2.49. The zero-order valence-electron chi connectivity index (χ0n) is 19.8. The monoisotopic (exact) mass is 442 g/mol. The fraction of sp³-hybridized carbons (Fsp3) is 0.280. The molecule has 8 heteroatoms. The molecule has 3 aromatic heterocycles. The predicted molar refractivity (Wildman–Crippen MR) is 130 cm³/mol. The number of hydrogen-bond donors (Lipinski definition) is 1. The predicted octanol–water partition coefficient (Wildman–Crippen LogP) is 3.42. The number of rotatable bonds is 5. The molecule has 1 aliphatic rings. The molecule has 0 atom stereocenters. The van der Waals surface area contributed by atoms with E-state index in [0.29, 0.717) is 11.4 Å². The fourth-order valence-electron chi connectivity index (χ4n) is 4.11. The van der Waals surface area contributed by atoms with E-state index in [-0.39, 0.29) is 12.1 Å². The van der Waals surface area contributed by atoms with Crippen molar-refractivity contribution in [2.45, 2.75) is 6.92 Å². The number of likely N-dealkylation sites (N-methyl/N-ethyl adjacent to an activating group) is 1. The van der Waals surface area contributed by atoms with Gasteiger partial charge in [0.05, 0.1) is 7.57 Å². The zero-order valence-corrected chi connectivity index (χ0v) is 18.8. The van der Waals surface area contributed by atoms with E-state index in [1.165, 1.54) is 0 Å². The number of fused-ring (bicyclic) bond motifs is 1. The average molecular weight is 443 g/mol.